The number of hydrogen-bond donors (Lipinski definition) is 2. The normalized spacial score (nSPS) is 10.4. The Balaban J connectivity index is 1.77. The van der Waals surface area contributed by atoms with Gasteiger partial charge in [0.25, 0.3) is 11.8 Å². The number of thiophene rings is 1. The van der Waals surface area contributed by atoms with Crippen molar-refractivity contribution in [2.75, 3.05) is 12.4 Å². The number of nitrogens with one attached hydrogen (secondary N) is 2. The fourth-order valence-corrected chi connectivity index (χ4v) is 3.09. The van der Waals surface area contributed by atoms with Crippen molar-refractivity contribution >= 4 is 38.9 Å². The second-order valence-electron chi connectivity index (χ2n) is 4.76. The minimum atomic E-state index is -0.151. The number of amides is 2. The molecule has 0 unspecified atom stereocenters. The second kappa shape index (κ2) is 5.99. The lowest BCUT2D eigenvalue weighted by molar-refractivity contribution is 0.0962. The first kappa shape index (κ1) is 14.3. The van der Waals surface area contributed by atoms with Crippen LogP contribution in [0.15, 0.2) is 54.6 Å². The Kier molecular flexibility index (Phi) is 3.89. The van der Waals surface area contributed by atoms with Gasteiger partial charge in [0.2, 0.25) is 0 Å². The average molecular weight is 310 g/mol. The van der Waals surface area contributed by atoms with Crippen molar-refractivity contribution in [1.82, 2.24) is 5.32 Å². The minimum absolute atomic E-state index is 0.145. The molecule has 2 amide bonds. The van der Waals surface area contributed by atoms with Crippen molar-refractivity contribution < 1.29 is 9.59 Å². The van der Waals surface area contributed by atoms with E-state index in [1.807, 2.05) is 30.3 Å². The van der Waals surface area contributed by atoms with Crippen LogP contribution >= 0.6 is 11.3 Å². The molecule has 3 aromatic rings. The number of hydrogen-bond acceptors (Lipinski definition) is 3. The van der Waals surface area contributed by atoms with E-state index in [0.29, 0.717) is 16.1 Å². The first-order valence-corrected chi connectivity index (χ1v) is 7.61. The summed E-state index contributed by atoms with van der Waals surface area (Å²) in [5, 5.41) is 6.46. The smallest absolute Gasteiger partial charge is 0.265 e. The van der Waals surface area contributed by atoms with Gasteiger partial charge in [0.1, 0.15) is 0 Å². The van der Waals surface area contributed by atoms with Crippen molar-refractivity contribution in [3.05, 3.63) is 65.0 Å². The van der Waals surface area contributed by atoms with E-state index in [2.05, 4.69) is 10.6 Å². The molecule has 0 aliphatic rings. The topological polar surface area (TPSA) is 58.2 Å². The van der Waals surface area contributed by atoms with Gasteiger partial charge in [-0.25, -0.2) is 0 Å². The molecule has 0 atom stereocenters. The first-order valence-electron chi connectivity index (χ1n) is 6.79. The van der Waals surface area contributed by atoms with Gasteiger partial charge in [-0.15, -0.1) is 11.3 Å². The number of carbonyl (C=O) groups excluding carboxylic acids is 2. The summed E-state index contributed by atoms with van der Waals surface area (Å²) in [5.74, 6) is -0.295. The maximum absolute atomic E-state index is 12.3. The summed E-state index contributed by atoms with van der Waals surface area (Å²) in [5.41, 5.74) is 1.22. The molecule has 1 aromatic heterocycles. The molecule has 2 aromatic carbocycles. The van der Waals surface area contributed by atoms with Crippen LogP contribution in [0.2, 0.25) is 0 Å². The Bertz CT molecular complexity index is 804. The zero-order valence-corrected chi connectivity index (χ0v) is 12.7. The molecule has 0 fully saturated rings. The molecule has 0 spiro atoms. The molecule has 22 heavy (non-hydrogen) atoms. The minimum Gasteiger partial charge on any atom is -0.355 e. The molecule has 1 heterocycles. The van der Waals surface area contributed by atoms with Crippen LogP contribution in [0.25, 0.3) is 10.1 Å². The van der Waals surface area contributed by atoms with E-state index >= 15 is 0 Å². The summed E-state index contributed by atoms with van der Waals surface area (Å²) in [6, 6.07) is 16.6. The zero-order chi connectivity index (χ0) is 15.5. The van der Waals surface area contributed by atoms with E-state index in [-0.39, 0.29) is 11.8 Å². The van der Waals surface area contributed by atoms with Gasteiger partial charge < -0.3 is 10.6 Å². The largest absolute Gasteiger partial charge is 0.355 e. The molecule has 110 valence electrons. The standard InChI is InChI=1S/C17H14N2O2S/c1-18-16(20)11-6-8-13(9-7-11)19-17(21)15-10-12-4-2-3-5-14(12)22-15/h2-10H,1H3,(H,18,20)(H,19,21). The predicted molar refractivity (Wildman–Crippen MR) is 89.6 cm³/mol. The molecular formula is C17H14N2O2S. The third kappa shape index (κ3) is 2.84. The molecule has 0 radical (unpaired) electrons. The summed E-state index contributed by atoms with van der Waals surface area (Å²) in [7, 11) is 1.58. The molecule has 2 N–H and O–H groups in total. The first-order chi connectivity index (χ1) is 10.7. The number of benzene rings is 2. The molecular weight excluding hydrogens is 296 g/mol. The molecule has 0 aliphatic heterocycles. The number of carbonyl (C=O) groups is 2. The van der Waals surface area contributed by atoms with Crippen LogP contribution in [0, 0.1) is 0 Å². The van der Waals surface area contributed by atoms with Crippen LogP contribution in [-0.2, 0) is 0 Å². The van der Waals surface area contributed by atoms with Crippen LogP contribution in [0.1, 0.15) is 20.0 Å². The van der Waals surface area contributed by atoms with E-state index in [1.54, 1.807) is 31.3 Å². The molecule has 0 saturated carbocycles. The number of anilines is 1. The third-order valence-electron chi connectivity index (χ3n) is 3.28. The molecule has 0 saturated heterocycles. The van der Waals surface area contributed by atoms with Crippen LogP contribution in [0.3, 0.4) is 0 Å². The monoisotopic (exact) mass is 310 g/mol. The van der Waals surface area contributed by atoms with Crippen LogP contribution < -0.4 is 10.6 Å². The van der Waals surface area contributed by atoms with Gasteiger partial charge in [-0.3, -0.25) is 9.59 Å². The van der Waals surface area contributed by atoms with E-state index in [9.17, 15) is 9.59 Å². The molecule has 0 aliphatic carbocycles. The van der Waals surface area contributed by atoms with E-state index in [0.717, 1.165) is 10.1 Å². The Labute approximate surface area is 131 Å². The fourth-order valence-electron chi connectivity index (χ4n) is 2.14. The number of fused-ring (bicyclic) bond motifs is 1. The van der Waals surface area contributed by atoms with Crippen LogP contribution in [-0.4, -0.2) is 18.9 Å². The summed E-state index contributed by atoms with van der Waals surface area (Å²) >= 11 is 1.46. The highest BCUT2D eigenvalue weighted by Gasteiger charge is 2.10. The Morgan fingerprint density at radius 2 is 1.68 bits per heavy atom. The molecule has 5 heteroatoms. The van der Waals surface area contributed by atoms with E-state index in [1.165, 1.54) is 11.3 Å². The Morgan fingerprint density at radius 3 is 2.36 bits per heavy atom. The lowest BCUT2D eigenvalue weighted by Gasteiger charge is -2.04. The van der Waals surface area contributed by atoms with Gasteiger partial charge in [-0.2, -0.15) is 0 Å². The molecule has 4 nitrogen and oxygen atoms in total. The van der Waals surface area contributed by atoms with Gasteiger partial charge in [0, 0.05) is 23.0 Å². The van der Waals surface area contributed by atoms with Crippen molar-refractivity contribution in [1.29, 1.82) is 0 Å². The van der Waals surface area contributed by atoms with Crippen molar-refractivity contribution in [2.24, 2.45) is 0 Å². The second-order valence-corrected chi connectivity index (χ2v) is 5.84. The average Bonchev–Trinajstić information content (AvgIpc) is 2.99. The summed E-state index contributed by atoms with van der Waals surface area (Å²) in [4.78, 5) is 24.4. The SMILES string of the molecule is CNC(=O)c1ccc(NC(=O)c2cc3ccccc3s2)cc1. The summed E-state index contributed by atoms with van der Waals surface area (Å²) in [6.07, 6.45) is 0. The highest BCUT2D eigenvalue weighted by atomic mass is 32.1. The maximum atomic E-state index is 12.3. The van der Waals surface area contributed by atoms with Crippen LogP contribution in [0.4, 0.5) is 5.69 Å². The lowest BCUT2D eigenvalue weighted by atomic mass is 10.2. The van der Waals surface area contributed by atoms with Crippen molar-refractivity contribution in [3.8, 4) is 0 Å². The van der Waals surface area contributed by atoms with Crippen LogP contribution in [0.5, 0.6) is 0 Å². The van der Waals surface area contributed by atoms with E-state index < -0.39 is 0 Å². The van der Waals surface area contributed by atoms with Gasteiger partial charge in [0.05, 0.1) is 4.88 Å². The van der Waals surface area contributed by atoms with Crippen molar-refractivity contribution in [3.63, 3.8) is 0 Å². The Hall–Kier alpha value is -2.66. The van der Waals surface area contributed by atoms with Gasteiger partial charge >= 0.3 is 0 Å². The zero-order valence-electron chi connectivity index (χ0n) is 11.9. The van der Waals surface area contributed by atoms with E-state index in [4.69, 9.17) is 0 Å². The lowest BCUT2D eigenvalue weighted by Crippen LogP contribution is -2.17. The number of rotatable bonds is 3. The quantitative estimate of drug-likeness (QED) is 0.777. The Morgan fingerprint density at radius 1 is 0.955 bits per heavy atom. The summed E-state index contributed by atoms with van der Waals surface area (Å²) < 4.78 is 1.09. The molecule has 0 bridgehead atoms. The highest BCUT2D eigenvalue weighted by Crippen LogP contribution is 2.26. The highest BCUT2D eigenvalue weighted by molar-refractivity contribution is 7.20. The van der Waals surface area contributed by atoms with Crippen molar-refractivity contribution in [2.45, 2.75) is 0 Å². The fraction of sp³-hybridized carbons (Fsp3) is 0.0588. The third-order valence-corrected chi connectivity index (χ3v) is 4.40. The summed E-state index contributed by atoms with van der Waals surface area (Å²) in [6.45, 7) is 0. The van der Waals surface area contributed by atoms with Gasteiger partial charge in [0.15, 0.2) is 0 Å². The maximum Gasteiger partial charge on any atom is 0.265 e. The molecule has 3 rings (SSSR count). The predicted octanol–water partition coefficient (Wildman–Crippen LogP) is 3.51. The van der Waals surface area contributed by atoms with Gasteiger partial charge in [-0.05, 0) is 41.8 Å². The van der Waals surface area contributed by atoms with Gasteiger partial charge in [-0.1, -0.05) is 18.2 Å².